The molecule has 4 bridgehead atoms. The summed E-state index contributed by atoms with van der Waals surface area (Å²) < 4.78 is 0. The number of carbonyl (C=O) groups is 1. The van der Waals surface area contributed by atoms with Crippen molar-refractivity contribution in [3.8, 4) is 0 Å². The van der Waals surface area contributed by atoms with Gasteiger partial charge in [0, 0.05) is 23.0 Å². The number of ketones is 1. The van der Waals surface area contributed by atoms with Gasteiger partial charge >= 0.3 is 0 Å². The van der Waals surface area contributed by atoms with E-state index in [2.05, 4.69) is 17.0 Å². The third kappa shape index (κ3) is 1.42. The zero-order valence-corrected chi connectivity index (χ0v) is 10.9. The molecule has 2 nitrogen and oxygen atoms in total. The summed E-state index contributed by atoms with van der Waals surface area (Å²) in [5, 5.41) is 0.775. The second-order valence-electron chi connectivity index (χ2n) is 5.86. The highest BCUT2D eigenvalue weighted by Crippen LogP contribution is 2.50. The lowest BCUT2D eigenvalue weighted by Crippen LogP contribution is -2.40. The molecule has 0 spiro atoms. The highest BCUT2D eigenvalue weighted by Gasteiger charge is 2.55. The molecule has 3 aliphatic heterocycles. The number of carbonyl (C=O) groups excluding carboxylic acids is 1. The lowest BCUT2D eigenvalue weighted by atomic mass is 9.77. The minimum Gasteiger partial charge on any atom is -0.298 e. The number of hydrogen-bond acceptors (Lipinski definition) is 2. The van der Waals surface area contributed by atoms with Gasteiger partial charge in [-0.25, -0.2) is 0 Å². The van der Waals surface area contributed by atoms with Gasteiger partial charge in [-0.2, -0.15) is 0 Å². The molecule has 3 saturated heterocycles. The molecule has 0 aromatic heterocycles. The van der Waals surface area contributed by atoms with E-state index in [1.807, 2.05) is 12.1 Å². The van der Waals surface area contributed by atoms with Crippen molar-refractivity contribution in [2.24, 2.45) is 5.92 Å². The van der Waals surface area contributed by atoms with Gasteiger partial charge in [0.05, 0.1) is 6.54 Å². The molecule has 0 radical (unpaired) electrons. The maximum atomic E-state index is 12.2. The van der Waals surface area contributed by atoms with Crippen molar-refractivity contribution in [1.82, 2.24) is 4.90 Å². The third-order valence-corrected chi connectivity index (χ3v) is 5.33. The van der Waals surface area contributed by atoms with E-state index in [-0.39, 0.29) is 5.92 Å². The summed E-state index contributed by atoms with van der Waals surface area (Å²) in [5.74, 6) is 1.12. The van der Waals surface area contributed by atoms with Gasteiger partial charge in [0.1, 0.15) is 0 Å². The Kier molecular flexibility index (Phi) is 2.33. The molecule has 3 heteroatoms. The number of benzene rings is 1. The second-order valence-corrected chi connectivity index (χ2v) is 6.29. The van der Waals surface area contributed by atoms with E-state index in [0.29, 0.717) is 30.3 Å². The average Bonchev–Trinajstić information content (AvgIpc) is 2.76. The van der Waals surface area contributed by atoms with Crippen LogP contribution in [-0.2, 0) is 4.79 Å². The Balaban J connectivity index is 1.73. The molecule has 1 aromatic rings. The van der Waals surface area contributed by atoms with Crippen molar-refractivity contribution in [2.45, 2.75) is 37.3 Å². The summed E-state index contributed by atoms with van der Waals surface area (Å²) in [5.41, 5.74) is 1.30. The first-order valence-electron chi connectivity index (χ1n) is 6.78. The van der Waals surface area contributed by atoms with Crippen LogP contribution in [0.2, 0.25) is 5.02 Å². The Hall–Kier alpha value is -0.860. The van der Waals surface area contributed by atoms with Crippen molar-refractivity contribution < 1.29 is 4.79 Å². The van der Waals surface area contributed by atoms with E-state index >= 15 is 0 Å². The van der Waals surface area contributed by atoms with E-state index in [9.17, 15) is 4.79 Å². The van der Waals surface area contributed by atoms with Crippen molar-refractivity contribution in [2.75, 3.05) is 6.54 Å². The first-order chi connectivity index (χ1) is 8.74. The number of piperidine rings is 1. The number of halogens is 1. The zero-order chi connectivity index (χ0) is 12.3. The van der Waals surface area contributed by atoms with Gasteiger partial charge in [0.15, 0.2) is 5.78 Å². The fourth-order valence-electron chi connectivity index (χ4n) is 4.34. The monoisotopic (exact) mass is 261 g/mol. The van der Waals surface area contributed by atoms with Crippen LogP contribution < -0.4 is 0 Å². The molecular formula is C15H16ClNO. The van der Waals surface area contributed by atoms with Crippen LogP contribution in [0.4, 0.5) is 0 Å². The van der Waals surface area contributed by atoms with E-state index in [0.717, 1.165) is 11.4 Å². The predicted octanol–water partition coefficient (Wildman–Crippen LogP) is 2.86. The third-order valence-electron chi connectivity index (χ3n) is 5.07. The van der Waals surface area contributed by atoms with E-state index in [1.54, 1.807) is 0 Å². The highest BCUT2D eigenvalue weighted by atomic mass is 35.5. The number of hydrogen-bond donors (Lipinski definition) is 0. The van der Waals surface area contributed by atoms with Crippen LogP contribution in [0.25, 0.3) is 0 Å². The minimum absolute atomic E-state index is 0.241. The maximum Gasteiger partial charge on any atom is 0.152 e. The van der Waals surface area contributed by atoms with Gasteiger partial charge in [-0.05, 0) is 42.9 Å². The van der Waals surface area contributed by atoms with Gasteiger partial charge < -0.3 is 0 Å². The van der Waals surface area contributed by atoms with Crippen LogP contribution in [-0.4, -0.2) is 29.3 Å². The van der Waals surface area contributed by atoms with Crippen LogP contribution in [0, 0.1) is 5.92 Å². The molecule has 0 amide bonds. The van der Waals surface area contributed by atoms with Gasteiger partial charge in [-0.15, -0.1) is 0 Å². The van der Waals surface area contributed by atoms with Crippen molar-refractivity contribution in [3.05, 3.63) is 34.9 Å². The minimum atomic E-state index is 0.241. The lowest BCUT2D eigenvalue weighted by molar-refractivity contribution is -0.120. The fraction of sp³-hybridized carbons (Fsp3) is 0.533. The number of Topliss-reactive ketones (excluding diaryl/α,β-unsaturated/α-hetero) is 1. The van der Waals surface area contributed by atoms with E-state index in [1.165, 1.54) is 18.4 Å². The molecule has 1 aromatic carbocycles. The van der Waals surface area contributed by atoms with E-state index < -0.39 is 0 Å². The Bertz CT molecular complexity index is 498. The Labute approximate surface area is 112 Å². The molecule has 0 saturated carbocycles. The van der Waals surface area contributed by atoms with Crippen molar-refractivity contribution in [1.29, 1.82) is 0 Å². The summed E-state index contributed by atoms with van der Waals surface area (Å²) in [7, 11) is 0. The highest BCUT2D eigenvalue weighted by molar-refractivity contribution is 6.30. The smallest absolute Gasteiger partial charge is 0.152 e. The normalized spacial score (nSPS) is 41.4. The quantitative estimate of drug-likeness (QED) is 0.775. The summed E-state index contributed by atoms with van der Waals surface area (Å²) >= 11 is 5.95. The molecule has 4 rings (SSSR count). The molecule has 94 valence electrons. The number of rotatable bonds is 1. The standard InChI is InChI=1S/C15H16ClNO/c16-10-3-1-9(2-4-10)12-7-11-5-6-13-15(12)14(18)8-17(11)13/h1-4,11-13,15H,5-8H2/t11-,12+,13+,15-/m0/s1. The molecule has 1 unspecified atom stereocenters. The Morgan fingerprint density at radius 2 is 1.94 bits per heavy atom. The largest absolute Gasteiger partial charge is 0.298 e. The van der Waals surface area contributed by atoms with Crippen LogP contribution in [0.5, 0.6) is 0 Å². The predicted molar refractivity (Wildman–Crippen MR) is 70.8 cm³/mol. The number of nitrogens with zero attached hydrogens (tertiary/aromatic N) is 1. The average molecular weight is 262 g/mol. The van der Waals surface area contributed by atoms with Gasteiger partial charge in [0.2, 0.25) is 0 Å². The van der Waals surface area contributed by atoms with Crippen LogP contribution in [0.15, 0.2) is 24.3 Å². The zero-order valence-electron chi connectivity index (χ0n) is 10.2. The van der Waals surface area contributed by atoms with Crippen molar-refractivity contribution in [3.63, 3.8) is 0 Å². The molecule has 0 N–H and O–H groups in total. The topological polar surface area (TPSA) is 20.3 Å². The lowest BCUT2D eigenvalue weighted by Gasteiger charge is -2.36. The van der Waals surface area contributed by atoms with E-state index in [4.69, 9.17) is 11.6 Å². The summed E-state index contributed by atoms with van der Waals surface area (Å²) in [4.78, 5) is 14.7. The van der Waals surface area contributed by atoms with Gasteiger partial charge in [-0.1, -0.05) is 23.7 Å². The first kappa shape index (κ1) is 11.0. The summed E-state index contributed by atoms with van der Waals surface area (Å²) in [6.07, 6.45) is 3.64. The van der Waals surface area contributed by atoms with Crippen LogP contribution in [0.3, 0.4) is 0 Å². The molecular weight excluding hydrogens is 246 g/mol. The van der Waals surface area contributed by atoms with Crippen LogP contribution in [0.1, 0.15) is 30.7 Å². The SMILES string of the molecule is O=C1CN2[C@H]3CC[C@@H]2[C@@H]1[C@@H](c1ccc(Cl)cc1)C3. The molecule has 5 atom stereocenters. The van der Waals surface area contributed by atoms with Gasteiger partial charge in [-0.3, -0.25) is 9.69 Å². The summed E-state index contributed by atoms with van der Waals surface area (Å²) in [6.45, 7) is 0.699. The molecule has 3 heterocycles. The van der Waals surface area contributed by atoms with Crippen LogP contribution >= 0.6 is 11.6 Å². The Morgan fingerprint density at radius 3 is 2.72 bits per heavy atom. The molecule has 3 fully saturated rings. The second kappa shape index (κ2) is 3.82. The fourth-order valence-corrected chi connectivity index (χ4v) is 4.46. The molecule has 18 heavy (non-hydrogen) atoms. The molecule has 3 aliphatic rings. The molecule has 0 aliphatic carbocycles. The van der Waals surface area contributed by atoms with Crippen molar-refractivity contribution >= 4 is 17.4 Å². The Morgan fingerprint density at radius 1 is 1.17 bits per heavy atom. The summed E-state index contributed by atoms with van der Waals surface area (Å²) in [6, 6.07) is 9.27. The first-order valence-corrected chi connectivity index (χ1v) is 7.16. The van der Waals surface area contributed by atoms with Gasteiger partial charge in [0.25, 0.3) is 0 Å². The maximum absolute atomic E-state index is 12.2.